The second-order valence-corrected chi connectivity index (χ2v) is 11.0. The Hall–Kier alpha value is -3.14. The minimum absolute atomic E-state index is 0.0203. The summed E-state index contributed by atoms with van der Waals surface area (Å²) in [4.78, 5) is 72.6. The van der Waals surface area contributed by atoms with Crippen LogP contribution in [0.2, 0.25) is 0 Å². The third-order valence-electron chi connectivity index (χ3n) is 6.36. The van der Waals surface area contributed by atoms with Crippen LogP contribution in [-0.2, 0) is 47.7 Å². The average molecular weight is 617 g/mol. The molecule has 2 atom stereocenters. The van der Waals surface area contributed by atoms with Gasteiger partial charge in [-0.1, -0.05) is 20.8 Å². The number of Topliss-reactive ketones (excluding diaryl/α,β-unsaturated/α-hetero) is 1. The molecule has 15 nitrogen and oxygen atoms in total. The summed E-state index contributed by atoms with van der Waals surface area (Å²) < 4.78 is 21.3. The Morgan fingerprint density at radius 3 is 2.02 bits per heavy atom. The number of nitrogens with zero attached hydrogens (tertiary/aromatic N) is 1. The van der Waals surface area contributed by atoms with Crippen LogP contribution in [0.1, 0.15) is 53.4 Å². The second-order valence-electron chi connectivity index (χ2n) is 11.0. The number of ketones is 1. The maximum atomic E-state index is 12.6. The molecule has 0 saturated carbocycles. The van der Waals surface area contributed by atoms with E-state index in [0.717, 1.165) is 0 Å². The highest BCUT2D eigenvalue weighted by Crippen LogP contribution is 2.19. The predicted molar refractivity (Wildman–Crippen MR) is 153 cm³/mol. The highest BCUT2D eigenvalue weighted by Gasteiger charge is 2.34. The Morgan fingerprint density at radius 2 is 1.44 bits per heavy atom. The van der Waals surface area contributed by atoms with Crippen LogP contribution in [0.15, 0.2) is 0 Å². The molecule has 246 valence electrons. The van der Waals surface area contributed by atoms with Gasteiger partial charge in [0.1, 0.15) is 25.3 Å². The Kier molecular flexibility index (Phi) is 18.2. The van der Waals surface area contributed by atoms with Crippen molar-refractivity contribution >= 4 is 35.4 Å². The van der Waals surface area contributed by atoms with Gasteiger partial charge in [0, 0.05) is 38.4 Å². The average Bonchev–Trinajstić information content (AvgIpc) is 3.43. The zero-order valence-corrected chi connectivity index (χ0v) is 25.7. The van der Waals surface area contributed by atoms with Crippen LogP contribution in [0.5, 0.6) is 0 Å². The zero-order chi connectivity index (χ0) is 32.3. The number of carbonyl (C=O) groups excluding carboxylic acids is 5. The van der Waals surface area contributed by atoms with E-state index in [9.17, 15) is 33.9 Å². The topological polar surface area (TPSA) is 199 Å². The van der Waals surface area contributed by atoms with Crippen LogP contribution in [0, 0.1) is 5.41 Å². The summed E-state index contributed by atoms with van der Waals surface area (Å²) >= 11 is 0. The summed E-state index contributed by atoms with van der Waals surface area (Å²) in [5, 5.41) is 16.9. The molecule has 0 aliphatic carbocycles. The Morgan fingerprint density at radius 1 is 0.860 bits per heavy atom. The number of aliphatic carboxylic acids is 1. The number of carboxylic acids is 1. The molecule has 0 bridgehead atoms. The van der Waals surface area contributed by atoms with Gasteiger partial charge in [0.15, 0.2) is 5.78 Å². The summed E-state index contributed by atoms with van der Waals surface area (Å²) in [5.41, 5.74) is -0.434. The van der Waals surface area contributed by atoms with E-state index >= 15 is 0 Å². The second kappa shape index (κ2) is 20.7. The first-order valence-corrected chi connectivity index (χ1v) is 14.5. The van der Waals surface area contributed by atoms with Crippen LogP contribution >= 0.6 is 0 Å². The van der Waals surface area contributed by atoms with E-state index < -0.39 is 29.4 Å². The van der Waals surface area contributed by atoms with Crippen LogP contribution in [0.3, 0.4) is 0 Å². The molecule has 4 N–H and O–H groups in total. The summed E-state index contributed by atoms with van der Waals surface area (Å²) in [5.74, 6) is -2.65. The fourth-order valence-corrected chi connectivity index (χ4v) is 3.92. The van der Waals surface area contributed by atoms with E-state index in [2.05, 4.69) is 16.0 Å². The lowest BCUT2D eigenvalue weighted by Crippen LogP contribution is -2.47. The molecule has 1 aliphatic rings. The first-order chi connectivity index (χ1) is 20.3. The van der Waals surface area contributed by atoms with Crippen molar-refractivity contribution in [1.82, 2.24) is 20.9 Å². The predicted octanol–water partition coefficient (Wildman–Crippen LogP) is -0.739. The zero-order valence-electron chi connectivity index (χ0n) is 25.7. The first-order valence-electron chi connectivity index (χ1n) is 14.5. The molecule has 2 unspecified atom stereocenters. The minimum Gasteiger partial charge on any atom is -0.480 e. The SMILES string of the molecule is CC(=O)NC(CCC(=O)N1CCCC1C(=O)NCCOCCOCC(=O)NCCOCCOCC(=O)C(C)(C)C)C(=O)O. The highest BCUT2D eigenvalue weighted by atomic mass is 16.5. The summed E-state index contributed by atoms with van der Waals surface area (Å²) in [6.07, 6.45) is 0.988. The third-order valence-corrected chi connectivity index (χ3v) is 6.36. The van der Waals surface area contributed by atoms with Crippen molar-refractivity contribution in [3.05, 3.63) is 0 Å². The highest BCUT2D eigenvalue weighted by molar-refractivity contribution is 5.89. The number of ether oxygens (including phenoxy) is 4. The van der Waals surface area contributed by atoms with Gasteiger partial charge < -0.3 is 44.9 Å². The molecule has 1 aliphatic heterocycles. The molecule has 1 saturated heterocycles. The standard InChI is InChI=1S/C28H48N4O11/c1-20(33)31-21(27(38)39)7-8-25(36)32-11-5-6-22(32)26(37)30-10-13-41-15-17-43-19-24(35)29-9-12-40-14-16-42-18-23(34)28(2,3)4/h21-22H,5-19H2,1-4H3,(H,29,35)(H,30,37)(H,31,33)(H,38,39). The van der Waals surface area contributed by atoms with Crippen LogP contribution in [-0.4, -0.2) is 130 Å². The number of carbonyl (C=O) groups is 6. The van der Waals surface area contributed by atoms with Gasteiger partial charge in [-0.05, 0) is 19.3 Å². The van der Waals surface area contributed by atoms with E-state index in [1.807, 2.05) is 20.8 Å². The molecule has 0 spiro atoms. The van der Waals surface area contributed by atoms with Gasteiger partial charge in [-0.2, -0.15) is 0 Å². The summed E-state index contributed by atoms with van der Waals surface area (Å²) in [6, 6.07) is -1.80. The van der Waals surface area contributed by atoms with E-state index in [0.29, 0.717) is 45.8 Å². The van der Waals surface area contributed by atoms with Gasteiger partial charge >= 0.3 is 5.97 Å². The van der Waals surface area contributed by atoms with Gasteiger partial charge in [0.2, 0.25) is 23.6 Å². The monoisotopic (exact) mass is 616 g/mol. The minimum atomic E-state index is -1.22. The number of likely N-dealkylation sites (tertiary alicyclic amines) is 1. The van der Waals surface area contributed by atoms with Crippen molar-refractivity contribution in [2.75, 3.05) is 72.5 Å². The van der Waals surface area contributed by atoms with E-state index in [1.54, 1.807) is 0 Å². The smallest absolute Gasteiger partial charge is 0.326 e. The number of hydrogen-bond donors (Lipinski definition) is 4. The quantitative estimate of drug-likeness (QED) is 0.112. The van der Waals surface area contributed by atoms with Crippen LogP contribution < -0.4 is 16.0 Å². The van der Waals surface area contributed by atoms with Gasteiger partial charge in [0.25, 0.3) is 0 Å². The fourth-order valence-electron chi connectivity index (χ4n) is 3.92. The molecule has 43 heavy (non-hydrogen) atoms. The lowest BCUT2D eigenvalue weighted by molar-refractivity contribution is -0.143. The largest absolute Gasteiger partial charge is 0.480 e. The molecule has 0 aromatic rings. The number of rotatable bonds is 22. The maximum absolute atomic E-state index is 12.6. The fraction of sp³-hybridized carbons (Fsp3) is 0.786. The Labute approximate surface area is 252 Å². The molecular formula is C28H48N4O11. The molecule has 1 heterocycles. The normalized spacial score (nSPS) is 15.5. The van der Waals surface area contributed by atoms with Crippen molar-refractivity contribution in [3.63, 3.8) is 0 Å². The molecule has 0 radical (unpaired) electrons. The summed E-state index contributed by atoms with van der Waals surface area (Å²) in [6.45, 7) is 9.06. The number of nitrogens with one attached hydrogen (secondary N) is 3. The van der Waals surface area contributed by atoms with Gasteiger partial charge in [-0.25, -0.2) is 4.79 Å². The van der Waals surface area contributed by atoms with E-state index in [4.69, 9.17) is 18.9 Å². The van der Waals surface area contributed by atoms with Crippen LogP contribution in [0.4, 0.5) is 0 Å². The van der Waals surface area contributed by atoms with Crippen molar-refractivity contribution in [2.45, 2.75) is 65.5 Å². The van der Waals surface area contributed by atoms with Crippen molar-refractivity contribution in [1.29, 1.82) is 0 Å². The third kappa shape index (κ3) is 16.9. The maximum Gasteiger partial charge on any atom is 0.326 e. The number of hydrogen-bond acceptors (Lipinski definition) is 10. The van der Waals surface area contributed by atoms with Crippen molar-refractivity contribution < 1.29 is 52.8 Å². The molecule has 15 heteroatoms. The molecule has 0 aromatic carbocycles. The van der Waals surface area contributed by atoms with E-state index in [-0.39, 0.29) is 75.9 Å². The van der Waals surface area contributed by atoms with E-state index in [1.165, 1.54) is 11.8 Å². The van der Waals surface area contributed by atoms with Crippen LogP contribution in [0.25, 0.3) is 0 Å². The van der Waals surface area contributed by atoms with Crippen molar-refractivity contribution in [2.24, 2.45) is 5.41 Å². The Balaban J connectivity index is 2.07. The number of carboxylic acid groups (broad SMARTS) is 1. The van der Waals surface area contributed by atoms with Gasteiger partial charge in [0.05, 0.1) is 39.6 Å². The van der Waals surface area contributed by atoms with Crippen molar-refractivity contribution in [3.8, 4) is 0 Å². The molecule has 4 amide bonds. The molecule has 1 rings (SSSR count). The lowest BCUT2D eigenvalue weighted by Gasteiger charge is -2.24. The van der Waals surface area contributed by atoms with Gasteiger partial charge in [-0.15, -0.1) is 0 Å². The molecule has 0 aromatic heterocycles. The Bertz CT molecular complexity index is 923. The molecular weight excluding hydrogens is 568 g/mol. The summed E-state index contributed by atoms with van der Waals surface area (Å²) in [7, 11) is 0. The molecule has 1 fully saturated rings. The lowest BCUT2D eigenvalue weighted by atomic mass is 9.91. The first kappa shape index (κ1) is 37.9. The van der Waals surface area contributed by atoms with Gasteiger partial charge in [-0.3, -0.25) is 24.0 Å². The number of amides is 4.